The number of aryl methyl sites for hydroxylation is 1. The van der Waals surface area contributed by atoms with Crippen molar-refractivity contribution in [3.05, 3.63) is 30.1 Å². The first-order chi connectivity index (χ1) is 8.24. The third kappa shape index (κ3) is 2.15. The van der Waals surface area contributed by atoms with Crippen LogP contribution in [0.15, 0.2) is 24.4 Å². The second-order valence-corrected chi connectivity index (χ2v) is 3.35. The van der Waals surface area contributed by atoms with E-state index in [1.165, 1.54) is 4.68 Å². The van der Waals surface area contributed by atoms with Crippen LogP contribution in [0, 0.1) is 0 Å². The van der Waals surface area contributed by atoms with Crippen LogP contribution in [0.25, 0.3) is 11.4 Å². The number of nitrogens with zero attached hydrogens (tertiary/aromatic N) is 4. The first kappa shape index (κ1) is 11.3. The predicted molar refractivity (Wildman–Crippen MR) is 60.2 cm³/mol. The van der Waals surface area contributed by atoms with Crippen molar-refractivity contribution in [1.29, 1.82) is 0 Å². The summed E-state index contributed by atoms with van der Waals surface area (Å²) in [5, 5.41) is 7.63. The van der Waals surface area contributed by atoms with Gasteiger partial charge < -0.3 is 4.74 Å². The number of carbonyl (C=O) groups excluding carboxylic acids is 1. The van der Waals surface area contributed by atoms with Crippen LogP contribution in [0.4, 0.5) is 0 Å². The van der Waals surface area contributed by atoms with Gasteiger partial charge in [0.1, 0.15) is 5.69 Å². The zero-order valence-corrected chi connectivity index (χ0v) is 9.62. The number of esters is 1. The topological polar surface area (TPSA) is 69.9 Å². The summed E-state index contributed by atoms with van der Waals surface area (Å²) in [4.78, 5) is 15.9. The fourth-order valence-corrected chi connectivity index (χ4v) is 1.48. The zero-order valence-electron chi connectivity index (χ0n) is 9.62. The summed E-state index contributed by atoms with van der Waals surface area (Å²) in [5.74, 6) is -0.485. The van der Waals surface area contributed by atoms with Crippen molar-refractivity contribution < 1.29 is 9.53 Å². The highest BCUT2D eigenvalue weighted by atomic mass is 16.5. The van der Waals surface area contributed by atoms with Crippen LogP contribution < -0.4 is 0 Å². The average molecular weight is 232 g/mol. The number of aromatic nitrogens is 4. The Labute approximate surface area is 98.2 Å². The number of rotatable bonds is 3. The van der Waals surface area contributed by atoms with E-state index >= 15 is 0 Å². The molecular weight excluding hydrogens is 220 g/mol. The first-order valence-electron chi connectivity index (χ1n) is 5.22. The lowest BCUT2D eigenvalue weighted by molar-refractivity contribution is 0.0520. The molecule has 0 aromatic carbocycles. The molecule has 0 saturated heterocycles. The highest BCUT2D eigenvalue weighted by Crippen LogP contribution is 2.19. The summed E-state index contributed by atoms with van der Waals surface area (Å²) >= 11 is 0. The molecule has 88 valence electrons. The Kier molecular flexibility index (Phi) is 3.13. The largest absolute Gasteiger partial charge is 0.461 e. The van der Waals surface area contributed by atoms with Crippen molar-refractivity contribution >= 4 is 5.97 Å². The molecule has 17 heavy (non-hydrogen) atoms. The van der Waals surface area contributed by atoms with Crippen LogP contribution >= 0.6 is 0 Å². The molecule has 0 saturated carbocycles. The molecule has 0 aliphatic rings. The van der Waals surface area contributed by atoms with Crippen molar-refractivity contribution in [2.75, 3.05) is 6.61 Å². The molecule has 0 unspecified atom stereocenters. The van der Waals surface area contributed by atoms with Crippen LogP contribution in [0.5, 0.6) is 0 Å². The van der Waals surface area contributed by atoms with Crippen molar-refractivity contribution in [2.24, 2.45) is 7.05 Å². The monoisotopic (exact) mass is 232 g/mol. The average Bonchev–Trinajstić information content (AvgIpc) is 2.73. The zero-order chi connectivity index (χ0) is 12.3. The minimum atomic E-state index is -0.485. The van der Waals surface area contributed by atoms with Gasteiger partial charge in [0.25, 0.3) is 0 Å². The molecule has 2 aromatic rings. The van der Waals surface area contributed by atoms with Crippen LogP contribution in [0.3, 0.4) is 0 Å². The molecule has 0 fully saturated rings. The Balaban J connectivity index is 2.47. The van der Waals surface area contributed by atoms with Gasteiger partial charge in [-0.15, -0.1) is 5.10 Å². The molecule has 2 aromatic heterocycles. The summed E-state index contributed by atoms with van der Waals surface area (Å²) < 4.78 is 6.43. The smallest absolute Gasteiger partial charge is 0.361 e. The third-order valence-corrected chi connectivity index (χ3v) is 2.20. The number of carbonyl (C=O) groups is 1. The van der Waals surface area contributed by atoms with E-state index in [1.807, 2.05) is 6.07 Å². The molecule has 2 heterocycles. The molecule has 0 N–H and O–H groups in total. The lowest BCUT2D eigenvalue weighted by atomic mass is 10.2. The van der Waals surface area contributed by atoms with Crippen molar-refractivity contribution in [1.82, 2.24) is 20.0 Å². The molecule has 2 rings (SSSR count). The SMILES string of the molecule is CCOC(=O)c1nnn(C)c1-c1ccccn1. The van der Waals surface area contributed by atoms with Gasteiger partial charge >= 0.3 is 5.97 Å². The van der Waals surface area contributed by atoms with Gasteiger partial charge in [0.15, 0.2) is 5.69 Å². The van der Waals surface area contributed by atoms with E-state index in [4.69, 9.17) is 4.74 Å². The second-order valence-electron chi connectivity index (χ2n) is 3.35. The minimum absolute atomic E-state index is 0.188. The van der Waals surface area contributed by atoms with E-state index in [-0.39, 0.29) is 5.69 Å². The molecule has 0 radical (unpaired) electrons. The van der Waals surface area contributed by atoms with Gasteiger partial charge in [-0.25, -0.2) is 9.48 Å². The molecule has 0 amide bonds. The van der Waals surface area contributed by atoms with E-state index in [1.54, 1.807) is 32.3 Å². The minimum Gasteiger partial charge on any atom is -0.461 e. The molecule has 6 heteroatoms. The Morgan fingerprint density at radius 3 is 2.94 bits per heavy atom. The maximum absolute atomic E-state index is 11.7. The van der Waals surface area contributed by atoms with Gasteiger partial charge in [0.05, 0.1) is 12.3 Å². The fraction of sp³-hybridized carbons (Fsp3) is 0.273. The Morgan fingerprint density at radius 2 is 2.29 bits per heavy atom. The van der Waals surface area contributed by atoms with Gasteiger partial charge in [0.2, 0.25) is 0 Å². The summed E-state index contributed by atoms with van der Waals surface area (Å²) in [7, 11) is 1.71. The van der Waals surface area contributed by atoms with Crippen molar-refractivity contribution in [3.63, 3.8) is 0 Å². The Hall–Kier alpha value is -2.24. The third-order valence-electron chi connectivity index (χ3n) is 2.20. The molecular formula is C11H12N4O2. The van der Waals surface area contributed by atoms with Crippen LogP contribution in [0.2, 0.25) is 0 Å². The number of pyridine rings is 1. The van der Waals surface area contributed by atoms with Crippen molar-refractivity contribution in [2.45, 2.75) is 6.92 Å². The van der Waals surface area contributed by atoms with Gasteiger partial charge in [0, 0.05) is 13.2 Å². The molecule has 0 aliphatic carbocycles. The van der Waals surface area contributed by atoms with Gasteiger partial charge in [-0.1, -0.05) is 11.3 Å². The Morgan fingerprint density at radius 1 is 1.47 bits per heavy atom. The Bertz CT molecular complexity index is 522. The lowest BCUT2D eigenvalue weighted by Gasteiger charge is -2.03. The summed E-state index contributed by atoms with van der Waals surface area (Å²) in [6.45, 7) is 2.05. The van der Waals surface area contributed by atoms with E-state index < -0.39 is 5.97 Å². The summed E-state index contributed by atoms with van der Waals surface area (Å²) in [6.07, 6.45) is 1.65. The van der Waals surface area contributed by atoms with Gasteiger partial charge in [-0.05, 0) is 19.1 Å². The molecule has 6 nitrogen and oxygen atoms in total. The van der Waals surface area contributed by atoms with Crippen LogP contribution in [-0.2, 0) is 11.8 Å². The molecule has 0 spiro atoms. The quantitative estimate of drug-likeness (QED) is 0.740. The standard InChI is InChI=1S/C11H12N4O2/c1-3-17-11(16)9-10(15(2)14-13-9)8-6-4-5-7-12-8/h4-7H,3H2,1-2H3. The highest BCUT2D eigenvalue weighted by Gasteiger charge is 2.21. The number of hydrogen-bond acceptors (Lipinski definition) is 5. The number of hydrogen-bond donors (Lipinski definition) is 0. The van der Waals surface area contributed by atoms with E-state index in [2.05, 4.69) is 15.3 Å². The van der Waals surface area contributed by atoms with Crippen molar-refractivity contribution in [3.8, 4) is 11.4 Å². The summed E-state index contributed by atoms with van der Waals surface area (Å²) in [6, 6.07) is 5.43. The first-order valence-corrected chi connectivity index (χ1v) is 5.22. The summed E-state index contributed by atoms with van der Waals surface area (Å²) in [5.41, 5.74) is 1.39. The molecule has 0 atom stereocenters. The highest BCUT2D eigenvalue weighted by molar-refractivity contribution is 5.93. The fourth-order valence-electron chi connectivity index (χ4n) is 1.48. The number of ether oxygens (including phenoxy) is 1. The van der Waals surface area contributed by atoms with E-state index in [0.717, 1.165) is 0 Å². The van der Waals surface area contributed by atoms with Crippen LogP contribution in [0.1, 0.15) is 17.4 Å². The lowest BCUT2D eigenvalue weighted by Crippen LogP contribution is -2.08. The van der Waals surface area contributed by atoms with Gasteiger partial charge in [-0.3, -0.25) is 4.98 Å². The maximum atomic E-state index is 11.7. The predicted octanol–water partition coefficient (Wildman–Crippen LogP) is 1.05. The molecule has 0 bridgehead atoms. The van der Waals surface area contributed by atoms with E-state index in [9.17, 15) is 4.79 Å². The second kappa shape index (κ2) is 4.73. The van der Waals surface area contributed by atoms with Gasteiger partial charge in [-0.2, -0.15) is 0 Å². The molecule has 0 aliphatic heterocycles. The normalized spacial score (nSPS) is 10.2. The van der Waals surface area contributed by atoms with Crippen LogP contribution in [-0.4, -0.2) is 32.6 Å². The van der Waals surface area contributed by atoms with E-state index in [0.29, 0.717) is 18.0 Å². The maximum Gasteiger partial charge on any atom is 0.361 e.